The Hall–Kier alpha value is -1.72. The summed E-state index contributed by atoms with van der Waals surface area (Å²) in [5, 5.41) is 9.05. The first-order chi connectivity index (χ1) is 11.4. The number of rotatable bonds is 5. The highest BCUT2D eigenvalue weighted by molar-refractivity contribution is 5.88. The zero-order valence-corrected chi connectivity index (χ0v) is 13.2. The van der Waals surface area contributed by atoms with Crippen LogP contribution in [0.3, 0.4) is 0 Å². The van der Waals surface area contributed by atoms with E-state index in [1.807, 2.05) is 0 Å². The van der Waals surface area contributed by atoms with Crippen molar-refractivity contribution in [2.75, 3.05) is 6.61 Å². The Kier molecular flexibility index (Phi) is 3.38. The number of benzene rings is 1. The van der Waals surface area contributed by atoms with E-state index in [2.05, 4.69) is 0 Å². The topological polar surface area (TPSA) is 46.5 Å². The molecule has 24 heavy (non-hydrogen) atoms. The first kappa shape index (κ1) is 15.8. The van der Waals surface area contributed by atoms with E-state index in [1.165, 1.54) is 6.07 Å². The van der Waals surface area contributed by atoms with Gasteiger partial charge >= 0.3 is 5.97 Å². The van der Waals surface area contributed by atoms with Gasteiger partial charge in [-0.15, -0.1) is 0 Å². The predicted octanol–water partition coefficient (Wildman–Crippen LogP) is 4.61. The zero-order chi connectivity index (χ0) is 17.1. The van der Waals surface area contributed by atoms with Gasteiger partial charge in [0.1, 0.15) is 18.2 Å². The molecule has 3 saturated carbocycles. The molecule has 1 N–H and O–H groups in total. The number of carboxylic acid groups (broad SMARTS) is 1. The molecule has 0 saturated heterocycles. The van der Waals surface area contributed by atoms with Crippen molar-refractivity contribution in [2.45, 2.75) is 50.4 Å². The molecule has 0 amide bonds. The molecule has 3 aliphatic rings. The quantitative estimate of drug-likeness (QED) is 0.852. The third-order valence-corrected chi connectivity index (χ3v) is 5.88. The Bertz CT molecular complexity index is 699. The normalized spacial score (nSPS) is 30.5. The lowest BCUT2D eigenvalue weighted by atomic mass is 9.89. The van der Waals surface area contributed by atoms with Crippen molar-refractivity contribution < 1.29 is 27.8 Å². The van der Waals surface area contributed by atoms with Crippen molar-refractivity contribution in [1.82, 2.24) is 0 Å². The molecule has 0 heterocycles. The van der Waals surface area contributed by atoms with Crippen molar-refractivity contribution in [3.63, 3.8) is 0 Å². The Balaban J connectivity index is 1.59. The Morgan fingerprint density at radius 2 is 2.00 bits per heavy atom. The Labute approximate surface area is 137 Å². The van der Waals surface area contributed by atoms with Gasteiger partial charge in [-0.05, 0) is 43.2 Å². The fourth-order valence-electron chi connectivity index (χ4n) is 4.23. The molecule has 1 aromatic carbocycles. The molecular formula is C18H19F3O3. The molecule has 0 aromatic heterocycles. The lowest BCUT2D eigenvalue weighted by Crippen LogP contribution is -2.23. The van der Waals surface area contributed by atoms with Crippen LogP contribution in [0.15, 0.2) is 12.1 Å². The number of halogens is 3. The second kappa shape index (κ2) is 5.14. The third-order valence-electron chi connectivity index (χ3n) is 5.88. The van der Waals surface area contributed by atoms with Gasteiger partial charge in [0.2, 0.25) is 0 Å². The molecule has 6 heteroatoms. The molecule has 2 atom stereocenters. The molecule has 0 spiro atoms. The van der Waals surface area contributed by atoms with Gasteiger partial charge < -0.3 is 9.84 Å². The molecule has 130 valence electrons. The van der Waals surface area contributed by atoms with Gasteiger partial charge in [0.25, 0.3) is 5.92 Å². The van der Waals surface area contributed by atoms with Crippen LogP contribution in [0.1, 0.15) is 60.4 Å². The van der Waals surface area contributed by atoms with Crippen LogP contribution >= 0.6 is 0 Å². The van der Waals surface area contributed by atoms with Crippen LogP contribution in [-0.4, -0.2) is 23.6 Å². The minimum absolute atomic E-state index is 0.129. The van der Waals surface area contributed by atoms with Crippen molar-refractivity contribution in [1.29, 1.82) is 0 Å². The van der Waals surface area contributed by atoms with Crippen molar-refractivity contribution >= 4 is 5.97 Å². The summed E-state index contributed by atoms with van der Waals surface area (Å²) in [6, 6.07) is 2.35. The Morgan fingerprint density at radius 3 is 2.62 bits per heavy atom. The fourth-order valence-corrected chi connectivity index (χ4v) is 4.23. The van der Waals surface area contributed by atoms with E-state index in [-0.39, 0.29) is 18.3 Å². The minimum Gasteiger partial charge on any atom is -0.492 e. The average molecular weight is 340 g/mol. The molecule has 3 nitrogen and oxygen atoms in total. The largest absolute Gasteiger partial charge is 0.492 e. The lowest BCUT2D eigenvalue weighted by Gasteiger charge is -2.22. The second-order valence-corrected chi connectivity index (χ2v) is 7.32. The molecule has 3 fully saturated rings. The van der Waals surface area contributed by atoms with E-state index in [0.717, 1.165) is 31.7 Å². The molecule has 0 unspecified atom stereocenters. The van der Waals surface area contributed by atoms with Crippen LogP contribution in [0.4, 0.5) is 13.2 Å². The fraction of sp³-hybridized carbons (Fsp3) is 0.611. The Morgan fingerprint density at radius 1 is 1.25 bits per heavy atom. The van der Waals surface area contributed by atoms with Gasteiger partial charge in [-0.25, -0.2) is 18.0 Å². The van der Waals surface area contributed by atoms with Crippen LogP contribution in [0.5, 0.6) is 5.75 Å². The monoisotopic (exact) mass is 340 g/mol. The number of hydrogen-bond acceptors (Lipinski definition) is 2. The third kappa shape index (κ3) is 2.22. The van der Waals surface area contributed by atoms with E-state index < -0.39 is 34.6 Å². The second-order valence-electron chi connectivity index (χ2n) is 7.32. The van der Waals surface area contributed by atoms with E-state index >= 15 is 0 Å². The van der Waals surface area contributed by atoms with Gasteiger partial charge in [0, 0.05) is 12.0 Å². The lowest BCUT2D eigenvalue weighted by molar-refractivity contribution is 0.0368. The minimum atomic E-state index is -2.71. The number of fused-ring (bicyclic) bond motifs is 1. The number of carboxylic acids is 1. The van der Waals surface area contributed by atoms with Crippen LogP contribution in [-0.2, 0) is 0 Å². The summed E-state index contributed by atoms with van der Waals surface area (Å²) in [6.45, 7) is -0.129. The zero-order valence-electron chi connectivity index (χ0n) is 13.2. The summed E-state index contributed by atoms with van der Waals surface area (Å²) in [5.41, 5.74) is -0.884. The van der Waals surface area contributed by atoms with Gasteiger partial charge in [0.05, 0.1) is 11.0 Å². The summed E-state index contributed by atoms with van der Waals surface area (Å²) >= 11 is 0. The number of ether oxygens (including phenoxy) is 1. The maximum absolute atomic E-state index is 14.1. The summed E-state index contributed by atoms with van der Waals surface area (Å²) in [6.07, 6.45) is 4.28. The van der Waals surface area contributed by atoms with Crippen LogP contribution < -0.4 is 4.74 Å². The smallest absolute Gasteiger partial charge is 0.338 e. The summed E-state index contributed by atoms with van der Waals surface area (Å²) < 4.78 is 47.9. The first-order valence-corrected chi connectivity index (χ1v) is 8.44. The molecule has 3 aliphatic carbocycles. The van der Waals surface area contributed by atoms with Gasteiger partial charge in [-0.1, -0.05) is 12.8 Å². The van der Waals surface area contributed by atoms with Crippen molar-refractivity contribution in [3.05, 3.63) is 29.1 Å². The highest BCUT2D eigenvalue weighted by Gasteiger charge is 2.80. The van der Waals surface area contributed by atoms with Crippen molar-refractivity contribution in [3.8, 4) is 5.75 Å². The molecule has 0 bridgehead atoms. The molecular weight excluding hydrogens is 321 g/mol. The number of carbonyl (C=O) groups is 1. The molecule has 1 aromatic rings. The van der Waals surface area contributed by atoms with E-state index in [1.54, 1.807) is 0 Å². The van der Waals surface area contributed by atoms with Gasteiger partial charge in [-0.2, -0.15) is 0 Å². The van der Waals surface area contributed by atoms with E-state index in [4.69, 9.17) is 9.84 Å². The maximum Gasteiger partial charge on any atom is 0.338 e. The van der Waals surface area contributed by atoms with E-state index in [9.17, 15) is 18.0 Å². The maximum atomic E-state index is 14.1. The number of alkyl halides is 2. The van der Waals surface area contributed by atoms with Crippen LogP contribution in [0, 0.1) is 17.2 Å². The summed E-state index contributed by atoms with van der Waals surface area (Å²) in [4.78, 5) is 11.1. The standard InChI is InChI=1S/C18H19F3O3/c19-13-8-14(11(10-4-5-10)7-12(13)16(22)23)24-9-17-6-2-1-3-15(17)18(17,20)21/h7-8,10,15H,1-6,9H2,(H,22,23)/t15-,17-/m0/s1. The first-order valence-electron chi connectivity index (χ1n) is 8.44. The van der Waals surface area contributed by atoms with Crippen LogP contribution in [0.2, 0.25) is 0 Å². The highest BCUT2D eigenvalue weighted by atomic mass is 19.3. The SMILES string of the molecule is O=C(O)c1cc(C2CC2)c(OC[C@@]23CCCC[C@@H]2C3(F)F)cc1F. The van der Waals surface area contributed by atoms with E-state index in [0.29, 0.717) is 18.4 Å². The molecule has 4 rings (SSSR count). The number of hydrogen-bond donors (Lipinski definition) is 1. The molecule has 0 radical (unpaired) electrons. The predicted molar refractivity (Wildman–Crippen MR) is 80.2 cm³/mol. The molecule has 0 aliphatic heterocycles. The van der Waals surface area contributed by atoms with Gasteiger partial charge in [0.15, 0.2) is 0 Å². The highest BCUT2D eigenvalue weighted by Crippen LogP contribution is 2.72. The van der Waals surface area contributed by atoms with Gasteiger partial charge in [-0.3, -0.25) is 0 Å². The summed E-state index contributed by atoms with van der Waals surface area (Å²) in [5.74, 6) is -5.20. The van der Waals surface area contributed by atoms with Crippen LogP contribution in [0.25, 0.3) is 0 Å². The van der Waals surface area contributed by atoms with Crippen molar-refractivity contribution in [2.24, 2.45) is 11.3 Å². The number of aromatic carboxylic acids is 1. The average Bonchev–Trinajstić information content (AvgIpc) is 3.43. The summed E-state index contributed by atoms with van der Waals surface area (Å²) in [7, 11) is 0.